The third-order valence-corrected chi connectivity index (χ3v) is 4.81. The van der Waals surface area contributed by atoms with Crippen LogP contribution in [-0.2, 0) is 22.6 Å². The number of morpholine rings is 1. The first-order valence-electron chi connectivity index (χ1n) is 9.31. The van der Waals surface area contributed by atoms with E-state index in [1.165, 1.54) is 10.7 Å². The lowest BCUT2D eigenvalue weighted by Gasteiger charge is -2.27. The minimum Gasteiger partial charge on any atom is -0.378 e. The molecule has 0 unspecified atom stereocenters. The van der Waals surface area contributed by atoms with Crippen molar-refractivity contribution < 1.29 is 9.53 Å². The van der Waals surface area contributed by atoms with Gasteiger partial charge in [-0.25, -0.2) is 9.67 Å². The third-order valence-electron chi connectivity index (χ3n) is 4.81. The molecule has 0 atom stereocenters. The van der Waals surface area contributed by atoms with Crippen molar-refractivity contribution in [1.29, 1.82) is 0 Å². The van der Waals surface area contributed by atoms with Crippen LogP contribution in [0.3, 0.4) is 0 Å². The van der Waals surface area contributed by atoms with Gasteiger partial charge in [-0.15, -0.1) is 0 Å². The molecular formula is C19H23N5O3. The Balaban J connectivity index is 1.31. The number of ether oxygens (including phenoxy) is 1. The van der Waals surface area contributed by atoms with Crippen LogP contribution >= 0.6 is 0 Å². The normalized spacial score (nSPS) is 17.0. The van der Waals surface area contributed by atoms with Crippen LogP contribution in [0.1, 0.15) is 30.0 Å². The second kappa shape index (κ2) is 7.87. The summed E-state index contributed by atoms with van der Waals surface area (Å²) in [5.74, 6) is 1.12. The molecule has 4 rings (SSSR count). The summed E-state index contributed by atoms with van der Waals surface area (Å²) < 4.78 is 6.58. The van der Waals surface area contributed by atoms with Gasteiger partial charge in [-0.2, -0.15) is 5.10 Å². The summed E-state index contributed by atoms with van der Waals surface area (Å²) in [4.78, 5) is 30.7. The number of anilines is 1. The van der Waals surface area contributed by atoms with E-state index in [1.807, 2.05) is 12.1 Å². The van der Waals surface area contributed by atoms with Gasteiger partial charge in [0.05, 0.1) is 18.9 Å². The second-order valence-corrected chi connectivity index (χ2v) is 6.93. The monoisotopic (exact) mass is 369 g/mol. The van der Waals surface area contributed by atoms with Crippen LogP contribution in [-0.4, -0.2) is 47.0 Å². The molecule has 2 aliphatic rings. The number of hydrogen-bond acceptors (Lipinski definition) is 6. The Bertz CT molecular complexity index is 854. The van der Waals surface area contributed by atoms with Gasteiger partial charge >= 0.3 is 0 Å². The molecule has 1 amide bonds. The average Bonchev–Trinajstić information content (AvgIpc) is 3.54. The van der Waals surface area contributed by atoms with E-state index < -0.39 is 0 Å². The summed E-state index contributed by atoms with van der Waals surface area (Å²) in [6.07, 6.45) is 3.97. The highest BCUT2D eigenvalue weighted by atomic mass is 16.5. The smallest absolute Gasteiger partial charge is 0.267 e. The van der Waals surface area contributed by atoms with Crippen LogP contribution in [0.25, 0.3) is 0 Å². The molecule has 2 aromatic rings. The van der Waals surface area contributed by atoms with E-state index in [9.17, 15) is 9.59 Å². The molecule has 1 saturated carbocycles. The summed E-state index contributed by atoms with van der Waals surface area (Å²) in [7, 11) is 0. The summed E-state index contributed by atoms with van der Waals surface area (Å²) in [6.45, 7) is 3.41. The van der Waals surface area contributed by atoms with Gasteiger partial charge in [-0.05, 0) is 30.5 Å². The number of hydrogen-bond donors (Lipinski definition) is 1. The lowest BCUT2D eigenvalue weighted by Crippen LogP contribution is -2.36. The number of carbonyl (C=O) groups excluding carboxylic acids is 1. The fourth-order valence-corrected chi connectivity index (χ4v) is 3.07. The Labute approximate surface area is 157 Å². The highest BCUT2D eigenvalue weighted by molar-refractivity contribution is 5.75. The molecule has 2 fully saturated rings. The highest BCUT2D eigenvalue weighted by Crippen LogP contribution is 2.38. The Morgan fingerprint density at radius 1 is 1.19 bits per heavy atom. The van der Waals surface area contributed by atoms with Crippen molar-refractivity contribution >= 4 is 11.7 Å². The van der Waals surface area contributed by atoms with E-state index in [-0.39, 0.29) is 18.0 Å². The largest absolute Gasteiger partial charge is 0.378 e. The zero-order valence-corrected chi connectivity index (χ0v) is 15.1. The SMILES string of the molecule is O=C(Cn1nc(C2CC2)ccc1=O)NCc1ccc(N2CCOCC2)nc1. The molecule has 8 heteroatoms. The van der Waals surface area contributed by atoms with Crippen molar-refractivity contribution in [3.63, 3.8) is 0 Å². The van der Waals surface area contributed by atoms with E-state index >= 15 is 0 Å². The molecule has 0 bridgehead atoms. The zero-order chi connectivity index (χ0) is 18.6. The van der Waals surface area contributed by atoms with Crippen LogP contribution < -0.4 is 15.8 Å². The predicted molar refractivity (Wildman–Crippen MR) is 99.6 cm³/mol. The molecule has 27 heavy (non-hydrogen) atoms. The van der Waals surface area contributed by atoms with Crippen LogP contribution in [0, 0.1) is 0 Å². The van der Waals surface area contributed by atoms with Crippen molar-refractivity contribution in [2.75, 3.05) is 31.2 Å². The summed E-state index contributed by atoms with van der Waals surface area (Å²) >= 11 is 0. The Morgan fingerprint density at radius 3 is 2.70 bits per heavy atom. The Morgan fingerprint density at radius 2 is 2.00 bits per heavy atom. The molecule has 0 spiro atoms. The summed E-state index contributed by atoms with van der Waals surface area (Å²) in [5, 5.41) is 7.13. The van der Waals surface area contributed by atoms with Gasteiger partial charge in [-0.3, -0.25) is 9.59 Å². The minimum absolute atomic E-state index is 0.0708. The van der Waals surface area contributed by atoms with Gasteiger partial charge in [0, 0.05) is 37.8 Å². The predicted octanol–water partition coefficient (Wildman–Crippen LogP) is 0.669. The number of aromatic nitrogens is 3. The lowest BCUT2D eigenvalue weighted by molar-refractivity contribution is -0.122. The summed E-state index contributed by atoms with van der Waals surface area (Å²) in [5.41, 5.74) is 1.55. The van der Waals surface area contributed by atoms with Crippen molar-refractivity contribution in [2.24, 2.45) is 0 Å². The fraction of sp³-hybridized carbons (Fsp3) is 0.474. The molecule has 2 aromatic heterocycles. The minimum atomic E-state index is -0.258. The average molecular weight is 369 g/mol. The van der Waals surface area contributed by atoms with Crippen LogP contribution in [0.15, 0.2) is 35.3 Å². The molecule has 1 aliphatic carbocycles. The van der Waals surface area contributed by atoms with Crippen molar-refractivity contribution in [2.45, 2.75) is 31.8 Å². The van der Waals surface area contributed by atoms with Gasteiger partial charge in [0.25, 0.3) is 5.56 Å². The Hall–Kier alpha value is -2.74. The molecule has 142 valence electrons. The van der Waals surface area contributed by atoms with Gasteiger partial charge in [0.15, 0.2) is 0 Å². The quantitative estimate of drug-likeness (QED) is 0.805. The van der Waals surface area contributed by atoms with Crippen LogP contribution in [0.2, 0.25) is 0 Å². The van der Waals surface area contributed by atoms with E-state index in [0.717, 1.165) is 56.2 Å². The molecule has 1 N–H and O–H groups in total. The summed E-state index contributed by atoms with van der Waals surface area (Å²) in [6, 6.07) is 7.16. The van der Waals surface area contributed by atoms with E-state index in [1.54, 1.807) is 12.3 Å². The van der Waals surface area contributed by atoms with E-state index in [4.69, 9.17) is 4.74 Å². The number of amides is 1. The number of carbonyl (C=O) groups is 1. The molecule has 0 radical (unpaired) electrons. The van der Waals surface area contributed by atoms with Gasteiger partial charge in [0.2, 0.25) is 5.91 Å². The second-order valence-electron chi connectivity index (χ2n) is 6.93. The number of pyridine rings is 1. The lowest BCUT2D eigenvalue weighted by atomic mass is 10.2. The fourth-order valence-electron chi connectivity index (χ4n) is 3.07. The standard InChI is InChI=1S/C19H23N5O3/c25-18(13-24-19(26)6-4-16(22-24)15-2-3-15)21-12-14-1-5-17(20-11-14)23-7-9-27-10-8-23/h1,4-6,11,15H,2-3,7-10,12-13H2,(H,21,25). The van der Waals surface area contributed by atoms with Gasteiger partial charge < -0.3 is 15.0 Å². The zero-order valence-electron chi connectivity index (χ0n) is 15.1. The first kappa shape index (κ1) is 17.7. The number of nitrogens with one attached hydrogen (secondary N) is 1. The van der Waals surface area contributed by atoms with Crippen molar-refractivity contribution in [1.82, 2.24) is 20.1 Å². The Kier molecular flexibility index (Phi) is 5.15. The molecular weight excluding hydrogens is 346 g/mol. The van der Waals surface area contributed by atoms with Crippen LogP contribution in [0.5, 0.6) is 0 Å². The molecule has 8 nitrogen and oxygen atoms in total. The van der Waals surface area contributed by atoms with Crippen molar-refractivity contribution in [3.05, 3.63) is 52.1 Å². The molecule has 1 saturated heterocycles. The molecule has 3 heterocycles. The van der Waals surface area contributed by atoms with Crippen molar-refractivity contribution in [3.8, 4) is 0 Å². The van der Waals surface area contributed by atoms with Crippen LogP contribution in [0.4, 0.5) is 5.82 Å². The first-order chi connectivity index (χ1) is 13.2. The van der Waals surface area contributed by atoms with E-state index in [0.29, 0.717) is 12.5 Å². The van der Waals surface area contributed by atoms with E-state index in [2.05, 4.69) is 20.3 Å². The first-order valence-corrected chi connectivity index (χ1v) is 9.31. The third kappa shape index (κ3) is 4.51. The van der Waals surface area contributed by atoms with Gasteiger partial charge in [-0.1, -0.05) is 6.07 Å². The van der Waals surface area contributed by atoms with Gasteiger partial charge in [0.1, 0.15) is 12.4 Å². The number of rotatable bonds is 6. The molecule has 0 aromatic carbocycles. The maximum Gasteiger partial charge on any atom is 0.267 e. The maximum absolute atomic E-state index is 12.2. The topological polar surface area (TPSA) is 89.4 Å². The number of nitrogens with zero attached hydrogens (tertiary/aromatic N) is 4. The molecule has 1 aliphatic heterocycles. The maximum atomic E-state index is 12.2. The highest BCUT2D eigenvalue weighted by Gasteiger charge is 2.25.